The van der Waals surface area contributed by atoms with Gasteiger partial charge < -0.3 is 5.32 Å². The van der Waals surface area contributed by atoms with E-state index in [-0.39, 0.29) is 23.9 Å². The highest BCUT2D eigenvalue weighted by Crippen LogP contribution is 2.40. The smallest absolute Gasteiger partial charge is 0.223 e. The highest BCUT2D eigenvalue weighted by Gasteiger charge is 2.43. The van der Waals surface area contributed by atoms with Crippen LogP contribution in [0, 0.1) is 11.8 Å². The lowest BCUT2D eigenvalue weighted by Crippen LogP contribution is -2.50. The summed E-state index contributed by atoms with van der Waals surface area (Å²) in [6.07, 6.45) is 8.84. The average Bonchev–Trinajstić information content (AvgIpc) is 3.28. The Labute approximate surface area is 191 Å². The first-order chi connectivity index (χ1) is 15.7. The lowest BCUT2D eigenvalue weighted by atomic mass is 9.74. The van der Waals surface area contributed by atoms with Gasteiger partial charge in [0.1, 0.15) is 0 Å². The Bertz CT molecular complexity index is 892. The number of carbonyl (C=O) groups excluding carboxylic acids is 1. The standard InChI is InChI=1S/C26H35N5O/c1-18(19-6-3-2-4-7-19)31-15-5-8-22(17-31)28-26(32)21-9-10-24-23(16-21)25(30-29-24)20-11-13-27-14-12-20/h2-4,6-7,11-14,18,21-25,29-30H,5,8-10,15-17H2,1H3,(H,28,32)/t18?,21?,22-,23?,24?,25?/m1/s1. The van der Waals surface area contributed by atoms with Crippen molar-refractivity contribution in [1.29, 1.82) is 0 Å². The van der Waals surface area contributed by atoms with Crippen molar-refractivity contribution in [2.75, 3.05) is 13.1 Å². The molecule has 2 saturated heterocycles. The number of rotatable bonds is 5. The molecule has 2 aliphatic heterocycles. The van der Waals surface area contributed by atoms with Crippen molar-refractivity contribution >= 4 is 5.91 Å². The number of amides is 1. The molecule has 3 fully saturated rings. The van der Waals surface area contributed by atoms with Gasteiger partial charge in [-0.05, 0) is 74.8 Å². The zero-order chi connectivity index (χ0) is 21.9. The van der Waals surface area contributed by atoms with Gasteiger partial charge in [-0.1, -0.05) is 30.3 Å². The van der Waals surface area contributed by atoms with E-state index in [1.165, 1.54) is 11.1 Å². The fraction of sp³-hybridized carbons (Fsp3) is 0.538. The Balaban J connectivity index is 1.19. The first-order valence-corrected chi connectivity index (χ1v) is 12.2. The Kier molecular flexibility index (Phi) is 6.53. The van der Waals surface area contributed by atoms with Gasteiger partial charge in [-0.25, -0.2) is 5.43 Å². The van der Waals surface area contributed by atoms with Crippen LogP contribution in [0.2, 0.25) is 0 Å². The number of fused-ring (bicyclic) bond motifs is 1. The number of piperidine rings is 1. The van der Waals surface area contributed by atoms with Gasteiger partial charge in [-0.3, -0.25) is 20.1 Å². The number of pyridine rings is 1. The van der Waals surface area contributed by atoms with Crippen LogP contribution in [0.4, 0.5) is 0 Å². The van der Waals surface area contributed by atoms with Gasteiger partial charge in [0.15, 0.2) is 0 Å². The topological polar surface area (TPSA) is 69.3 Å². The maximum Gasteiger partial charge on any atom is 0.223 e. The normalized spacial score (nSPS) is 31.6. The fourth-order valence-corrected chi connectivity index (χ4v) is 5.93. The van der Waals surface area contributed by atoms with Crippen molar-refractivity contribution in [2.45, 2.75) is 63.2 Å². The van der Waals surface area contributed by atoms with Gasteiger partial charge in [0.25, 0.3) is 0 Å². The van der Waals surface area contributed by atoms with Crippen molar-refractivity contribution in [3.05, 3.63) is 66.0 Å². The fourth-order valence-electron chi connectivity index (χ4n) is 5.93. The molecule has 0 spiro atoms. The van der Waals surface area contributed by atoms with E-state index in [9.17, 15) is 4.79 Å². The first-order valence-electron chi connectivity index (χ1n) is 12.2. The van der Waals surface area contributed by atoms with Crippen LogP contribution in [-0.2, 0) is 4.79 Å². The molecular weight excluding hydrogens is 398 g/mol. The third kappa shape index (κ3) is 4.58. The van der Waals surface area contributed by atoms with E-state index in [0.29, 0.717) is 18.0 Å². The monoisotopic (exact) mass is 433 g/mol. The summed E-state index contributed by atoms with van der Waals surface area (Å²) in [4.78, 5) is 19.9. The van der Waals surface area contributed by atoms with E-state index in [1.54, 1.807) is 0 Å². The van der Waals surface area contributed by atoms with E-state index in [1.807, 2.05) is 12.4 Å². The summed E-state index contributed by atoms with van der Waals surface area (Å²) >= 11 is 0. The van der Waals surface area contributed by atoms with E-state index in [2.05, 4.69) is 75.4 Å². The molecule has 6 nitrogen and oxygen atoms in total. The molecule has 1 aromatic heterocycles. The highest BCUT2D eigenvalue weighted by atomic mass is 16.2. The highest BCUT2D eigenvalue weighted by molar-refractivity contribution is 5.79. The molecule has 1 amide bonds. The summed E-state index contributed by atoms with van der Waals surface area (Å²) in [5, 5.41) is 3.43. The van der Waals surface area contributed by atoms with E-state index in [0.717, 1.165) is 45.2 Å². The minimum absolute atomic E-state index is 0.101. The molecule has 0 radical (unpaired) electrons. The molecule has 3 aliphatic rings. The molecule has 5 rings (SSSR count). The molecule has 0 bridgehead atoms. The number of hydrogen-bond donors (Lipinski definition) is 3. The minimum Gasteiger partial charge on any atom is -0.352 e. The summed E-state index contributed by atoms with van der Waals surface area (Å²) in [5.74, 6) is 0.787. The summed E-state index contributed by atoms with van der Waals surface area (Å²) < 4.78 is 0. The number of nitrogens with zero attached hydrogens (tertiary/aromatic N) is 2. The summed E-state index contributed by atoms with van der Waals surface area (Å²) in [7, 11) is 0. The molecule has 3 heterocycles. The second kappa shape index (κ2) is 9.69. The molecule has 3 N–H and O–H groups in total. The number of hydrazine groups is 1. The Hall–Kier alpha value is -2.28. The van der Waals surface area contributed by atoms with Gasteiger partial charge in [0.2, 0.25) is 5.91 Å². The van der Waals surface area contributed by atoms with Crippen LogP contribution in [0.25, 0.3) is 0 Å². The van der Waals surface area contributed by atoms with Crippen molar-refractivity contribution in [3.63, 3.8) is 0 Å². The molecule has 1 saturated carbocycles. The van der Waals surface area contributed by atoms with Gasteiger partial charge in [0, 0.05) is 43.0 Å². The van der Waals surface area contributed by atoms with E-state index in [4.69, 9.17) is 0 Å². The van der Waals surface area contributed by atoms with Crippen molar-refractivity contribution < 1.29 is 4.79 Å². The van der Waals surface area contributed by atoms with Crippen molar-refractivity contribution in [3.8, 4) is 0 Å². The zero-order valence-corrected chi connectivity index (χ0v) is 18.9. The quantitative estimate of drug-likeness (QED) is 0.675. The summed E-state index contributed by atoms with van der Waals surface area (Å²) in [6.45, 7) is 4.31. The molecule has 1 aromatic carbocycles. The summed E-state index contributed by atoms with van der Waals surface area (Å²) in [6, 6.07) is 16.2. The summed E-state index contributed by atoms with van der Waals surface area (Å²) in [5.41, 5.74) is 9.54. The van der Waals surface area contributed by atoms with Gasteiger partial charge >= 0.3 is 0 Å². The lowest BCUT2D eigenvalue weighted by molar-refractivity contribution is -0.127. The molecule has 2 aromatic rings. The SMILES string of the molecule is CC(c1ccccc1)N1CCC[C@@H](NC(=O)C2CCC3NNC(c4ccncc4)C3C2)C1. The van der Waals surface area contributed by atoms with Crippen LogP contribution < -0.4 is 16.2 Å². The number of nitrogens with one attached hydrogen (secondary N) is 3. The van der Waals surface area contributed by atoms with Gasteiger partial charge in [-0.15, -0.1) is 0 Å². The van der Waals surface area contributed by atoms with Crippen LogP contribution in [0.1, 0.15) is 62.2 Å². The zero-order valence-electron chi connectivity index (χ0n) is 18.9. The van der Waals surface area contributed by atoms with Crippen LogP contribution in [0.5, 0.6) is 0 Å². The second-order valence-corrected chi connectivity index (χ2v) is 9.76. The first kappa shape index (κ1) is 21.6. The Morgan fingerprint density at radius 3 is 2.72 bits per heavy atom. The molecule has 6 atom stereocenters. The second-order valence-electron chi connectivity index (χ2n) is 9.76. The minimum atomic E-state index is 0.101. The molecular formula is C26H35N5O. The third-order valence-corrected chi connectivity index (χ3v) is 7.82. The number of hydrogen-bond acceptors (Lipinski definition) is 5. The lowest BCUT2D eigenvalue weighted by Gasteiger charge is -2.38. The van der Waals surface area contributed by atoms with Crippen LogP contribution in [0.3, 0.4) is 0 Å². The molecule has 5 unspecified atom stereocenters. The van der Waals surface area contributed by atoms with E-state index < -0.39 is 0 Å². The van der Waals surface area contributed by atoms with Crippen LogP contribution >= 0.6 is 0 Å². The van der Waals surface area contributed by atoms with Crippen LogP contribution in [-0.4, -0.2) is 41.0 Å². The van der Waals surface area contributed by atoms with Crippen LogP contribution in [0.15, 0.2) is 54.9 Å². The maximum atomic E-state index is 13.3. The number of likely N-dealkylation sites (tertiary alicyclic amines) is 1. The molecule has 32 heavy (non-hydrogen) atoms. The maximum absolute atomic E-state index is 13.3. The van der Waals surface area contributed by atoms with E-state index >= 15 is 0 Å². The van der Waals surface area contributed by atoms with Gasteiger partial charge in [0.05, 0.1) is 6.04 Å². The molecule has 6 heteroatoms. The average molecular weight is 434 g/mol. The Morgan fingerprint density at radius 2 is 1.91 bits per heavy atom. The number of benzene rings is 1. The number of aromatic nitrogens is 1. The third-order valence-electron chi connectivity index (χ3n) is 7.82. The van der Waals surface area contributed by atoms with Gasteiger partial charge in [-0.2, -0.15) is 0 Å². The predicted octanol–water partition coefficient (Wildman–Crippen LogP) is 3.36. The number of carbonyl (C=O) groups is 1. The largest absolute Gasteiger partial charge is 0.352 e. The van der Waals surface area contributed by atoms with Crippen molar-refractivity contribution in [1.82, 2.24) is 26.1 Å². The molecule has 170 valence electrons. The predicted molar refractivity (Wildman–Crippen MR) is 125 cm³/mol. The Morgan fingerprint density at radius 1 is 1.09 bits per heavy atom. The molecule has 1 aliphatic carbocycles. The van der Waals surface area contributed by atoms with Crippen molar-refractivity contribution in [2.24, 2.45) is 11.8 Å².